The Morgan fingerprint density at radius 1 is 1.25 bits per heavy atom. The maximum Gasteiger partial charge on any atom is 0.00408 e. The standard InChI is InChI=1S/C11H21N/c1-9-5-6-10(2)7-12(4)8-11(9,10)3/h9H,5-8H2,1-4H3/t9?,10-,11-/m1/s1. The fourth-order valence-electron chi connectivity index (χ4n) is 3.55. The molecule has 1 heteroatoms. The molecular weight excluding hydrogens is 146 g/mol. The predicted octanol–water partition coefficient (Wildman–Crippen LogP) is 2.37. The third-order valence-corrected chi connectivity index (χ3v) is 4.81. The van der Waals surface area contributed by atoms with Gasteiger partial charge in [-0.15, -0.1) is 0 Å². The molecular formula is C11H21N. The summed E-state index contributed by atoms with van der Waals surface area (Å²) in [5.41, 5.74) is 1.21. The van der Waals surface area contributed by atoms with Gasteiger partial charge in [0.1, 0.15) is 0 Å². The van der Waals surface area contributed by atoms with Crippen LogP contribution in [0.1, 0.15) is 33.6 Å². The molecule has 1 saturated heterocycles. The molecule has 2 aliphatic rings. The van der Waals surface area contributed by atoms with E-state index in [1.807, 2.05) is 0 Å². The van der Waals surface area contributed by atoms with Gasteiger partial charge in [0.05, 0.1) is 0 Å². The molecule has 1 nitrogen and oxygen atoms in total. The molecule has 3 atom stereocenters. The normalized spacial score (nSPS) is 54.5. The molecule has 2 rings (SSSR count). The Labute approximate surface area is 76.1 Å². The van der Waals surface area contributed by atoms with E-state index in [1.165, 1.54) is 25.9 Å². The van der Waals surface area contributed by atoms with Gasteiger partial charge in [0.25, 0.3) is 0 Å². The van der Waals surface area contributed by atoms with Gasteiger partial charge < -0.3 is 4.90 Å². The maximum absolute atomic E-state index is 2.51. The molecule has 1 heterocycles. The molecule has 1 unspecified atom stereocenters. The zero-order valence-electron chi connectivity index (χ0n) is 8.85. The lowest BCUT2D eigenvalue weighted by Crippen LogP contribution is -2.34. The number of likely N-dealkylation sites (tertiary alicyclic amines) is 1. The number of rotatable bonds is 0. The van der Waals surface area contributed by atoms with Gasteiger partial charge >= 0.3 is 0 Å². The molecule has 0 spiro atoms. The van der Waals surface area contributed by atoms with Crippen LogP contribution in [0.2, 0.25) is 0 Å². The summed E-state index contributed by atoms with van der Waals surface area (Å²) in [7, 11) is 2.27. The van der Waals surface area contributed by atoms with Crippen molar-refractivity contribution in [1.82, 2.24) is 4.90 Å². The van der Waals surface area contributed by atoms with Crippen LogP contribution < -0.4 is 0 Å². The van der Waals surface area contributed by atoms with Crippen LogP contribution in [0.4, 0.5) is 0 Å². The van der Waals surface area contributed by atoms with Crippen LogP contribution in [0, 0.1) is 16.7 Å². The second kappa shape index (κ2) is 2.25. The first kappa shape index (κ1) is 8.55. The van der Waals surface area contributed by atoms with Gasteiger partial charge in [-0.2, -0.15) is 0 Å². The van der Waals surface area contributed by atoms with Crippen molar-refractivity contribution in [2.24, 2.45) is 16.7 Å². The van der Waals surface area contributed by atoms with E-state index >= 15 is 0 Å². The third kappa shape index (κ3) is 0.834. The molecule has 0 amide bonds. The van der Waals surface area contributed by atoms with Crippen LogP contribution in [0.3, 0.4) is 0 Å². The summed E-state index contributed by atoms with van der Waals surface area (Å²) in [5.74, 6) is 0.924. The Morgan fingerprint density at radius 2 is 1.92 bits per heavy atom. The molecule has 1 aliphatic carbocycles. The van der Waals surface area contributed by atoms with Gasteiger partial charge in [0.15, 0.2) is 0 Å². The van der Waals surface area contributed by atoms with E-state index in [0.717, 1.165) is 5.92 Å². The minimum absolute atomic E-state index is 0.599. The van der Waals surface area contributed by atoms with Crippen LogP contribution in [-0.4, -0.2) is 25.0 Å². The quantitative estimate of drug-likeness (QED) is 0.535. The van der Waals surface area contributed by atoms with Gasteiger partial charge in [-0.05, 0) is 36.6 Å². The Morgan fingerprint density at radius 3 is 2.50 bits per heavy atom. The van der Waals surface area contributed by atoms with E-state index in [1.54, 1.807) is 0 Å². The second-order valence-electron chi connectivity index (χ2n) is 5.59. The van der Waals surface area contributed by atoms with Crippen LogP contribution in [0.5, 0.6) is 0 Å². The number of hydrogen-bond donors (Lipinski definition) is 0. The summed E-state index contributed by atoms with van der Waals surface area (Å²) in [5, 5.41) is 0. The zero-order valence-corrected chi connectivity index (χ0v) is 8.85. The summed E-state index contributed by atoms with van der Waals surface area (Å²) in [6.45, 7) is 10.0. The summed E-state index contributed by atoms with van der Waals surface area (Å²) in [6, 6.07) is 0. The Balaban J connectivity index is 2.32. The number of fused-ring (bicyclic) bond motifs is 1. The average molecular weight is 167 g/mol. The van der Waals surface area contributed by atoms with E-state index in [2.05, 4.69) is 32.7 Å². The molecule has 12 heavy (non-hydrogen) atoms. The maximum atomic E-state index is 2.51. The van der Waals surface area contributed by atoms with E-state index in [4.69, 9.17) is 0 Å². The van der Waals surface area contributed by atoms with Gasteiger partial charge in [-0.3, -0.25) is 0 Å². The molecule has 2 fully saturated rings. The van der Waals surface area contributed by atoms with Gasteiger partial charge in [-0.1, -0.05) is 20.8 Å². The van der Waals surface area contributed by atoms with Crippen LogP contribution >= 0.6 is 0 Å². The Hall–Kier alpha value is -0.0400. The Kier molecular flexibility index (Phi) is 1.61. The highest BCUT2D eigenvalue weighted by Gasteiger charge is 2.57. The van der Waals surface area contributed by atoms with Crippen molar-refractivity contribution < 1.29 is 0 Å². The summed E-state index contributed by atoms with van der Waals surface area (Å²) in [6.07, 6.45) is 2.88. The molecule has 0 aromatic heterocycles. The van der Waals surface area contributed by atoms with Crippen LogP contribution in [0.15, 0.2) is 0 Å². The van der Waals surface area contributed by atoms with Gasteiger partial charge in [0, 0.05) is 13.1 Å². The SMILES string of the molecule is CC1CC[C@]2(C)CN(C)C[C@]12C. The van der Waals surface area contributed by atoms with Gasteiger partial charge in [0.2, 0.25) is 0 Å². The number of hydrogen-bond acceptors (Lipinski definition) is 1. The fourth-order valence-corrected chi connectivity index (χ4v) is 3.55. The number of nitrogens with zero attached hydrogens (tertiary/aromatic N) is 1. The van der Waals surface area contributed by atoms with E-state index < -0.39 is 0 Å². The highest BCUT2D eigenvalue weighted by Crippen LogP contribution is 2.59. The van der Waals surface area contributed by atoms with Crippen molar-refractivity contribution >= 4 is 0 Å². The molecule has 1 saturated carbocycles. The minimum Gasteiger partial charge on any atom is -0.305 e. The zero-order chi connectivity index (χ0) is 8.98. The molecule has 70 valence electrons. The molecule has 0 bridgehead atoms. The van der Waals surface area contributed by atoms with Crippen molar-refractivity contribution in [3.8, 4) is 0 Å². The average Bonchev–Trinajstić information content (AvgIpc) is 2.28. The Bertz CT molecular complexity index is 201. The minimum atomic E-state index is 0.599. The smallest absolute Gasteiger partial charge is 0.00408 e. The highest BCUT2D eigenvalue weighted by atomic mass is 15.2. The van der Waals surface area contributed by atoms with Crippen molar-refractivity contribution in [3.05, 3.63) is 0 Å². The first-order valence-corrected chi connectivity index (χ1v) is 5.16. The molecule has 0 aromatic rings. The summed E-state index contributed by atoms with van der Waals surface area (Å²) in [4.78, 5) is 2.51. The van der Waals surface area contributed by atoms with Crippen molar-refractivity contribution in [2.45, 2.75) is 33.6 Å². The summed E-state index contributed by atoms with van der Waals surface area (Å²) >= 11 is 0. The van der Waals surface area contributed by atoms with Crippen LogP contribution in [0.25, 0.3) is 0 Å². The third-order valence-electron chi connectivity index (χ3n) is 4.81. The predicted molar refractivity (Wildman–Crippen MR) is 52.1 cm³/mol. The molecule has 1 aliphatic heterocycles. The van der Waals surface area contributed by atoms with Crippen molar-refractivity contribution in [2.75, 3.05) is 20.1 Å². The lowest BCUT2D eigenvalue weighted by molar-refractivity contribution is 0.139. The van der Waals surface area contributed by atoms with Crippen LogP contribution in [-0.2, 0) is 0 Å². The van der Waals surface area contributed by atoms with E-state index in [0.29, 0.717) is 10.8 Å². The van der Waals surface area contributed by atoms with Crippen molar-refractivity contribution in [3.63, 3.8) is 0 Å². The molecule has 0 radical (unpaired) electrons. The van der Waals surface area contributed by atoms with Crippen molar-refractivity contribution in [1.29, 1.82) is 0 Å². The van der Waals surface area contributed by atoms with E-state index in [-0.39, 0.29) is 0 Å². The fraction of sp³-hybridized carbons (Fsp3) is 1.00. The largest absolute Gasteiger partial charge is 0.305 e. The first-order valence-electron chi connectivity index (χ1n) is 5.16. The molecule has 0 N–H and O–H groups in total. The first-order chi connectivity index (χ1) is 5.48. The molecule has 0 aromatic carbocycles. The lowest BCUT2D eigenvalue weighted by Gasteiger charge is -2.36. The lowest BCUT2D eigenvalue weighted by atomic mass is 9.67. The van der Waals surface area contributed by atoms with E-state index in [9.17, 15) is 0 Å². The van der Waals surface area contributed by atoms with Gasteiger partial charge in [-0.25, -0.2) is 0 Å². The second-order valence-corrected chi connectivity index (χ2v) is 5.59. The monoisotopic (exact) mass is 167 g/mol. The topological polar surface area (TPSA) is 3.24 Å². The highest BCUT2D eigenvalue weighted by molar-refractivity contribution is 5.07. The summed E-state index contributed by atoms with van der Waals surface area (Å²) < 4.78 is 0.